The van der Waals surface area contributed by atoms with Gasteiger partial charge in [-0.2, -0.15) is 0 Å². The third kappa shape index (κ3) is 3.32. The van der Waals surface area contributed by atoms with Gasteiger partial charge in [0.25, 0.3) is 0 Å². The Labute approximate surface area is 142 Å². The van der Waals surface area contributed by atoms with Gasteiger partial charge in [-0.05, 0) is 24.6 Å². The van der Waals surface area contributed by atoms with E-state index in [2.05, 4.69) is 14.9 Å². The number of piperazine rings is 1. The van der Waals surface area contributed by atoms with Gasteiger partial charge in [0.1, 0.15) is 17.9 Å². The molecule has 0 unspecified atom stereocenters. The Hall–Kier alpha value is -2.63. The lowest BCUT2D eigenvalue weighted by Gasteiger charge is -2.41. The molecular weight excluding hydrogens is 304 g/mol. The van der Waals surface area contributed by atoms with E-state index in [0.717, 1.165) is 29.4 Å². The van der Waals surface area contributed by atoms with Crippen molar-refractivity contribution in [3.05, 3.63) is 47.9 Å². The first kappa shape index (κ1) is 16.2. The van der Waals surface area contributed by atoms with Crippen molar-refractivity contribution < 1.29 is 9.53 Å². The first-order valence-corrected chi connectivity index (χ1v) is 8.03. The summed E-state index contributed by atoms with van der Waals surface area (Å²) in [4.78, 5) is 24.7. The number of carbonyl (C=O) groups excluding carboxylic acids is 1. The van der Waals surface area contributed by atoms with Crippen LogP contribution in [0.25, 0.3) is 0 Å². The van der Waals surface area contributed by atoms with Gasteiger partial charge in [0.05, 0.1) is 13.2 Å². The lowest BCUT2D eigenvalue weighted by molar-refractivity contribution is -0.131. The molecule has 0 saturated carbocycles. The highest BCUT2D eigenvalue weighted by Crippen LogP contribution is 2.29. The summed E-state index contributed by atoms with van der Waals surface area (Å²) in [6.07, 6.45) is 1.59. The molecule has 24 heavy (non-hydrogen) atoms. The predicted molar refractivity (Wildman–Crippen MR) is 92.1 cm³/mol. The predicted octanol–water partition coefficient (Wildman–Crippen LogP) is 2.20. The molecular formula is C18H22N4O2. The maximum atomic E-state index is 12.1. The molecule has 1 saturated heterocycles. The number of ether oxygens (including phenoxy) is 1. The van der Waals surface area contributed by atoms with Gasteiger partial charge < -0.3 is 14.5 Å². The van der Waals surface area contributed by atoms with E-state index < -0.39 is 0 Å². The molecule has 1 aliphatic rings. The SMILES string of the molecule is COc1ccc([C@H]2CN(c3cc(C)ncn3)CCN2C(C)=O)cc1. The van der Waals surface area contributed by atoms with Crippen LogP contribution in [-0.2, 0) is 4.79 Å². The van der Waals surface area contributed by atoms with Crippen molar-refractivity contribution in [2.24, 2.45) is 0 Å². The average Bonchev–Trinajstić information content (AvgIpc) is 2.61. The zero-order valence-corrected chi connectivity index (χ0v) is 14.3. The van der Waals surface area contributed by atoms with E-state index in [-0.39, 0.29) is 11.9 Å². The highest BCUT2D eigenvalue weighted by molar-refractivity contribution is 5.74. The van der Waals surface area contributed by atoms with Crippen LogP contribution in [0.2, 0.25) is 0 Å². The smallest absolute Gasteiger partial charge is 0.220 e. The van der Waals surface area contributed by atoms with E-state index in [1.165, 1.54) is 0 Å². The lowest BCUT2D eigenvalue weighted by atomic mass is 10.0. The Bertz CT molecular complexity index is 717. The Morgan fingerprint density at radius 3 is 2.58 bits per heavy atom. The summed E-state index contributed by atoms with van der Waals surface area (Å²) in [7, 11) is 1.65. The Morgan fingerprint density at radius 1 is 1.21 bits per heavy atom. The van der Waals surface area contributed by atoms with Crippen molar-refractivity contribution in [2.75, 3.05) is 31.6 Å². The Kier molecular flexibility index (Phi) is 4.64. The fourth-order valence-electron chi connectivity index (χ4n) is 3.09. The normalized spacial score (nSPS) is 17.7. The molecule has 126 valence electrons. The van der Waals surface area contributed by atoms with Crippen molar-refractivity contribution in [3.63, 3.8) is 0 Å². The highest BCUT2D eigenvalue weighted by Gasteiger charge is 2.30. The lowest BCUT2D eigenvalue weighted by Crippen LogP contribution is -2.50. The van der Waals surface area contributed by atoms with Gasteiger partial charge in [0, 0.05) is 38.3 Å². The molecule has 3 rings (SSSR count). The molecule has 0 aliphatic carbocycles. The summed E-state index contributed by atoms with van der Waals surface area (Å²) in [6.45, 7) is 5.74. The van der Waals surface area contributed by atoms with Gasteiger partial charge in [0.2, 0.25) is 5.91 Å². The van der Waals surface area contributed by atoms with E-state index in [0.29, 0.717) is 13.1 Å². The van der Waals surface area contributed by atoms with E-state index >= 15 is 0 Å². The van der Waals surface area contributed by atoms with Crippen LogP contribution in [0.4, 0.5) is 5.82 Å². The van der Waals surface area contributed by atoms with Gasteiger partial charge in [-0.15, -0.1) is 0 Å². The molecule has 0 radical (unpaired) electrons. The van der Waals surface area contributed by atoms with Crippen molar-refractivity contribution >= 4 is 11.7 Å². The van der Waals surface area contributed by atoms with E-state index in [4.69, 9.17) is 4.74 Å². The van der Waals surface area contributed by atoms with Gasteiger partial charge in [0.15, 0.2) is 0 Å². The molecule has 1 aliphatic heterocycles. The number of aromatic nitrogens is 2. The molecule has 1 atom stereocenters. The number of amides is 1. The zero-order chi connectivity index (χ0) is 17.1. The number of rotatable bonds is 3. The summed E-state index contributed by atoms with van der Waals surface area (Å²) in [6, 6.07) is 9.89. The quantitative estimate of drug-likeness (QED) is 0.865. The second-order valence-corrected chi connectivity index (χ2v) is 5.96. The first-order chi connectivity index (χ1) is 11.6. The number of nitrogens with zero attached hydrogens (tertiary/aromatic N) is 4. The zero-order valence-electron chi connectivity index (χ0n) is 14.3. The molecule has 0 bridgehead atoms. The molecule has 2 aromatic rings. The van der Waals surface area contributed by atoms with Gasteiger partial charge in [-0.3, -0.25) is 4.79 Å². The molecule has 6 heteroatoms. The number of hydrogen-bond donors (Lipinski definition) is 0. The minimum Gasteiger partial charge on any atom is -0.497 e. The van der Waals surface area contributed by atoms with Crippen molar-refractivity contribution in [3.8, 4) is 5.75 Å². The fourth-order valence-corrected chi connectivity index (χ4v) is 3.09. The van der Waals surface area contributed by atoms with E-state index in [1.807, 2.05) is 42.2 Å². The Balaban J connectivity index is 1.88. The monoisotopic (exact) mass is 326 g/mol. The molecule has 0 N–H and O–H groups in total. The van der Waals surface area contributed by atoms with Crippen LogP contribution in [0.5, 0.6) is 5.75 Å². The summed E-state index contributed by atoms with van der Waals surface area (Å²) in [5, 5.41) is 0. The third-order valence-electron chi connectivity index (χ3n) is 4.40. The molecule has 0 spiro atoms. The maximum Gasteiger partial charge on any atom is 0.220 e. The molecule has 1 aromatic carbocycles. The highest BCUT2D eigenvalue weighted by atomic mass is 16.5. The standard InChI is InChI=1S/C18H22N4O2/c1-13-10-18(20-12-19-13)21-8-9-22(14(2)23)17(11-21)15-4-6-16(24-3)7-5-15/h4-7,10,12,17H,8-9,11H2,1-3H3/t17-/m1/s1. The van der Waals surface area contributed by atoms with E-state index in [9.17, 15) is 4.79 Å². The number of hydrogen-bond acceptors (Lipinski definition) is 5. The topological polar surface area (TPSA) is 58.6 Å². The van der Waals surface area contributed by atoms with Crippen molar-refractivity contribution in [2.45, 2.75) is 19.9 Å². The largest absolute Gasteiger partial charge is 0.497 e. The molecule has 1 amide bonds. The number of aryl methyl sites for hydroxylation is 1. The van der Waals surface area contributed by atoms with Gasteiger partial charge in [-0.1, -0.05) is 12.1 Å². The molecule has 6 nitrogen and oxygen atoms in total. The van der Waals surface area contributed by atoms with Crippen LogP contribution in [0.1, 0.15) is 24.2 Å². The molecule has 1 aromatic heterocycles. The number of methoxy groups -OCH3 is 1. The van der Waals surface area contributed by atoms with E-state index in [1.54, 1.807) is 20.4 Å². The van der Waals surface area contributed by atoms with Crippen LogP contribution in [0.3, 0.4) is 0 Å². The second kappa shape index (κ2) is 6.86. The molecule has 1 fully saturated rings. The van der Waals surface area contributed by atoms with Gasteiger partial charge in [-0.25, -0.2) is 9.97 Å². The minimum atomic E-state index is -0.00238. The van der Waals surface area contributed by atoms with Gasteiger partial charge >= 0.3 is 0 Å². The average molecular weight is 326 g/mol. The van der Waals surface area contributed by atoms with Crippen molar-refractivity contribution in [1.82, 2.24) is 14.9 Å². The Morgan fingerprint density at radius 2 is 1.96 bits per heavy atom. The number of benzene rings is 1. The maximum absolute atomic E-state index is 12.1. The second-order valence-electron chi connectivity index (χ2n) is 5.96. The fraction of sp³-hybridized carbons (Fsp3) is 0.389. The van der Waals surface area contributed by atoms with Crippen LogP contribution < -0.4 is 9.64 Å². The summed E-state index contributed by atoms with van der Waals surface area (Å²) in [5.74, 6) is 1.81. The van der Waals surface area contributed by atoms with Crippen molar-refractivity contribution in [1.29, 1.82) is 0 Å². The first-order valence-electron chi connectivity index (χ1n) is 8.03. The number of anilines is 1. The number of carbonyl (C=O) groups is 1. The van der Waals surface area contributed by atoms with Crippen LogP contribution >= 0.6 is 0 Å². The minimum absolute atomic E-state index is 0.00238. The van der Waals surface area contributed by atoms with Crippen LogP contribution in [-0.4, -0.2) is 47.5 Å². The summed E-state index contributed by atoms with van der Waals surface area (Å²) in [5.41, 5.74) is 2.04. The van der Waals surface area contributed by atoms with Crippen LogP contribution in [0, 0.1) is 6.92 Å². The summed E-state index contributed by atoms with van der Waals surface area (Å²) >= 11 is 0. The molecule has 2 heterocycles. The third-order valence-corrected chi connectivity index (χ3v) is 4.40. The summed E-state index contributed by atoms with van der Waals surface area (Å²) < 4.78 is 5.23. The van der Waals surface area contributed by atoms with Crippen LogP contribution in [0.15, 0.2) is 36.7 Å².